The largest absolute Gasteiger partial charge is 0.497 e. The molecule has 0 saturated carbocycles. The van der Waals surface area contributed by atoms with Crippen LogP contribution in [0.4, 0.5) is 5.95 Å². The summed E-state index contributed by atoms with van der Waals surface area (Å²) in [6, 6.07) is 8.99. The molecule has 9 heteroatoms. The summed E-state index contributed by atoms with van der Waals surface area (Å²) in [5.41, 5.74) is 4.03. The van der Waals surface area contributed by atoms with Crippen LogP contribution in [-0.2, 0) is 9.53 Å². The van der Waals surface area contributed by atoms with Gasteiger partial charge in [-0.1, -0.05) is 0 Å². The molecule has 9 nitrogen and oxygen atoms in total. The molecule has 3 rings (SSSR count). The van der Waals surface area contributed by atoms with E-state index >= 15 is 0 Å². The maximum atomic E-state index is 11.9. The lowest BCUT2D eigenvalue weighted by molar-refractivity contribution is -0.123. The van der Waals surface area contributed by atoms with Crippen molar-refractivity contribution in [2.75, 3.05) is 44.9 Å². The lowest BCUT2D eigenvalue weighted by atomic mass is 10.2. The van der Waals surface area contributed by atoms with Gasteiger partial charge in [-0.05, 0) is 36.8 Å². The smallest absolute Gasteiger partial charge is 0.278 e. The molecule has 1 aromatic carbocycles. The second-order valence-corrected chi connectivity index (χ2v) is 6.10. The van der Waals surface area contributed by atoms with Crippen molar-refractivity contribution in [3.63, 3.8) is 0 Å². The molecule has 0 aliphatic carbocycles. The summed E-state index contributed by atoms with van der Waals surface area (Å²) in [6.07, 6.45) is 1.54. The fraction of sp³-hybridized carbons (Fsp3) is 0.368. The highest BCUT2D eigenvalue weighted by atomic mass is 16.5. The zero-order valence-corrected chi connectivity index (χ0v) is 15.9. The normalized spacial score (nSPS) is 14.1. The standard InChI is InChI=1S/C19H23N5O4/c1-14-11-18(22-19(21-14)24-7-9-27-10-8-24)28-13-17(25)23-20-12-15-3-5-16(26-2)6-4-15/h3-6,11-12H,7-10,13H2,1-2H3,(H,23,25). The van der Waals surface area contributed by atoms with Crippen LogP contribution < -0.4 is 19.8 Å². The van der Waals surface area contributed by atoms with Gasteiger partial charge in [-0.3, -0.25) is 4.79 Å². The molecule has 1 saturated heterocycles. The molecule has 0 unspecified atom stereocenters. The maximum Gasteiger partial charge on any atom is 0.278 e. The van der Waals surface area contributed by atoms with E-state index in [0.717, 1.165) is 30.1 Å². The van der Waals surface area contributed by atoms with Crippen LogP contribution in [0.1, 0.15) is 11.3 Å². The molecule has 1 amide bonds. The Balaban J connectivity index is 1.50. The first-order valence-electron chi connectivity index (χ1n) is 8.91. The van der Waals surface area contributed by atoms with E-state index in [1.165, 1.54) is 0 Å². The van der Waals surface area contributed by atoms with Crippen LogP contribution in [0.15, 0.2) is 35.4 Å². The van der Waals surface area contributed by atoms with Crippen molar-refractivity contribution in [1.82, 2.24) is 15.4 Å². The van der Waals surface area contributed by atoms with Gasteiger partial charge in [-0.25, -0.2) is 10.4 Å². The number of morpholine rings is 1. The fourth-order valence-corrected chi connectivity index (χ4v) is 2.54. The quantitative estimate of drug-likeness (QED) is 0.564. The molecule has 148 valence electrons. The van der Waals surface area contributed by atoms with E-state index < -0.39 is 0 Å². The van der Waals surface area contributed by atoms with E-state index in [4.69, 9.17) is 14.2 Å². The van der Waals surface area contributed by atoms with Crippen molar-refractivity contribution < 1.29 is 19.0 Å². The lowest BCUT2D eigenvalue weighted by Crippen LogP contribution is -2.37. The van der Waals surface area contributed by atoms with Gasteiger partial charge in [-0.2, -0.15) is 10.1 Å². The number of carbonyl (C=O) groups excluding carboxylic acids is 1. The Bertz CT molecular complexity index is 820. The van der Waals surface area contributed by atoms with Gasteiger partial charge in [0.15, 0.2) is 6.61 Å². The van der Waals surface area contributed by atoms with E-state index in [0.29, 0.717) is 25.0 Å². The minimum atomic E-state index is -0.381. The molecule has 2 aromatic rings. The summed E-state index contributed by atoms with van der Waals surface area (Å²) in [5, 5.41) is 3.92. The number of aryl methyl sites for hydroxylation is 1. The molecular weight excluding hydrogens is 362 g/mol. The average molecular weight is 385 g/mol. The van der Waals surface area contributed by atoms with Crippen LogP contribution in [0.3, 0.4) is 0 Å². The van der Waals surface area contributed by atoms with E-state index in [-0.39, 0.29) is 12.5 Å². The molecule has 1 N–H and O–H groups in total. The van der Waals surface area contributed by atoms with Gasteiger partial charge in [0.1, 0.15) is 5.75 Å². The summed E-state index contributed by atoms with van der Waals surface area (Å²) in [5.74, 6) is 1.31. The first kappa shape index (κ1) is 19.6. The van der Waals surface area contributed by atoms with Gasteiger partial charge in [0.2, 0.25) is 11.8 Å². The second-order valence-electron chi connectivity index (χ2n) is 6.10. The van der Waals surface area contributed by atoms with Crippen LogP contribution >= 0.6 is 0 Å². The predicted molar refractivity (Wildman–Crippen MR) is 104 cm³/mol. The number of hydrazone groups is 1. The van der Waals surface area contributed by atoms with Crippen molar-refractivity contribution in [1.29, 1.82) is 0 Å². The number of benzene rings is 1. The molecule has 1 aliphatic rings. The summed E-state index contributed by atoms with van der Waals surface area (Å²) in [7, 11) is 1.60. The minimum Gasteiger partial charge on any atom is -0.497 e. The average Bonchev–Trinajstić information content (AvgIpc) is 2.73. The molecular formula is C19H23N5O4. The van der Waals surface area contributed by atoms with Crippen LogP contribution in [0, 0.1) is 6.92 Å². The summed E-state index contributed by atoms with van der Waals surface area (Å²) >= 11 is 0. The Morgan fingerprint density at radius 1 is 1.29 bits per heavy atom. The number of carbonyl (C=O) groups is 1. The monoisotopic (exact) mass is 385 g/mol. The number of methoxy groups -OCH3 is 1. The molecule has 1 fully saturated rings. The molecule has 2 heterocycles. The van der Waals surface area contributed by atoms with E-state index in [9.17, 15) is 4.79 Å². The molecule has 0 atom stereocenters. The van der Waals surface area contributed by atoms with Gasteiger partial charge >= 0.3 is 0 Å². The van der Waals surface area contributed by atoms with Gasteiger partial charge in [-0.15, -0.1) is 0 Å². The van der Waals surface area contributed by atoms with Crippen molar-refractivity contribution >= 4 is 18.1 Å². The zero-order valence-electron chi connectivity index (χ0n) is 15.9. The van der Waals surface area contributed by atoms with Gasteiger partial charge < -0.3 is 19.1 Å². The number of amides is 1. The molecule has 1 aliphatic heterocycles. The summed E-state index contributed by atoms with van der Waals surface area (Å²) in [6.45, 7) is 4.40. The van der Waals surface area contributed by atoms with E-state index in [1.54, 1.807) is 19.4 Å². The van der Waals surface area contributed by atoms with Crippen LogP contribution in [0.2, 0.25) is 0 Å². The maximum absolute atomic E-state index is 11.9. The molecule has 0 bridgehead atoms. The molecule has 28 heavy (non-hydrogen) atoms. The minimum absolute atomic E-state index is 0.195. The zero-order chi connectivity index (χ0) is 19.8. The van der Waals surface area contributed by atoms with Crippen LogP contribution in [0.5, 0.6) is 11.6 Å². The fourth-order valence-electron chi connectivity index (χ4n) is 2.54. The topological polar surface area (TPSA) is 98.2 Å². The Morgan fingerprint density at radius 3 is 2.75 bits per heavy atom. The highest BCUT2D eigenvalue weighted by Crippen LogP contribution is 2.16. The first-order chi connectivity index (χ1) is 13.6. The van der Waals surface area contributed by atoms with Crippen molar-refractivity contribution in [3.05, 3.63) is 41.6 Å². The Morgan fingerprint density at radius 2 is 2.04 bits per heavy atom. The number of hydrogen-bond donors (Lipinski definition) is 1. The SMILES string of the molecule is COc1ccc(C=NNC(=O)COc2cc(C)nc(N3CCOCC3)n2)cc1. The third-order valence-electron chi connectivity index (χ3n) is 3.98. The van der Waals surface area contributed by atoms with E-state index in [1.807, 2.05) is 36.1 Å². The number of ether oxygens (including phenoxy) is 3. The van der Waals surface area contributed by atoms with Crippen molar-refractivity contribution in [3.8, 4) is 11.6 Å². The third-order valence-corrected chi connectivity index (χ3v) is 3.98. The van der Waals surface area contributed by atoms with Crippen molar-refractivity contribution in [2.45, 2.75) is 6.92 Å². The Labute approximate surface area is 163 Å². The third kappa shape index (κ3) is 5.65. The van der Waals surface area contributed by atoms with Gasteiger partial charge in [0, 0.05) is 24.8 Å². The Kier molecular flexibility index (Phi) is 6.74. The van der Waals surface area contributed by atoms with Gasteiger partial charge in [0.05, 0.1) is 26.5 Å². The lowest BCUT2D eigenvalue weighted by Gasteiger charge is -2.27. The number of nitrogens with zero attached hydrogens (tertiary/aromatic N) is 4. The predicted octanol–water partition coefficient (Wildman–Crippen LogP) is 1.16. The van der Waals surface area contributed by atoms with Crippen LogP contribution in [0.25, 0.3) is 0 Å². The number of anilines is 1. The molecule has 0 radical (unpaired) electrons. The van der Waals surface area contributed by atoms with Gasteiger partial charge in [0.25, 0.3) is 5.91 Å². The Hall–Kier alpha value is -3.20. The number of hydrogen-bond acceptors (Lipinski definition) is 8. The molecule has 1 aromatic heterocycles. The highest BCUT2D eigenvalue weighted by molar-refractivity contribution is 5.83. The van der Waals surface area contributed by atoms with E-state index in [2.05, 4.69) is 20.5 Å². The summed E-state index contributed by atoms with van der Waals surface area (Å²) < 4.78 is 15.9. The van der Waals surface area contributed by atoms with Crippen molar-refractivity contribution in [2.24, 2.45) is 5.10 Å². The number of aromatic nitrogens is 2. The first-order valence-corrected chi connectivity index (χ1v) is 8.91. The second kappa shape index (κ2) is 9.65. The number of rotatable bonds is 7. The van der Waals surface area contributed by atoms with Crippen LogP contribution in [-0.4, -0.2) is 62.1 Å². The number of nitrogens with one attached hydrogen (secondary N) is 1. The highest BCUT2D eigenvalue weighted by Gasteiger charge is 2.15. The summed E-state index contributed by atoms with van der Waals surface area (Å²) in [4.78, 5) is 22.8. The molecule has 0 spiro atoms.